The molecule has 0 amide bonds. The van der Waals surface area contributed by atoms with E-state index < -0.39 is 0 Å². The Balaban J connectivity index is 0.00000261. The highest BCUT2D eigenvalue weighted by molar-refractivity contribution is 5.73. The molecule has 2 aliphatic carbocycles. The van der Waals surface area contributed by atoms with Gasteiger partial charge in [0.1, 0.15) is 6.04 Å². The number of rotatable bonds is 6. The van der Waals surface area contributed by atoms with Crippen LogP contribution < -0.4 is 29.3 Å². The van der Waals surface area contributed by atoms with Crippen molar-refractivity contribution in [1.29, 1.82) is 0 Å². The van der Waals surface area contributed by atoms with Crippen LogP contribution >= 0.6 is 0 Å². The number of ether oxygens (including phenoxy) is 1. The van der Waals surface area contributed by atoms with E-state index in [9.17, 15) is 4.79 Å². The summed E-state index contributed by atoms with van der Waals surface area (Å²) in [6.07, 6.45) is 13.9. The minimum absolute atomic E-state index is 0. The number of quaternary nitrogens is 1. The van der Waals surface area contributed by atoms with Gasteiger partial charge in [-0.1, -0.05) is 38.5 Å². The van der Waals surface area contributed by atoms with Crippen LogP contribution in [0.1, 0.15) is 70.6 Å². The van der Waals surface area contributed by atoms with Gasteiger partial charge in [0.25, 0.3) is 0 Å². The topological polar surface area (TPSA) is 38.3 Å². The summed E-state index contributed by atoms with van der Waals surface area (Å²) < 4.78 is 6.97. The number of hydrogen-bond acceptors (Lipinski definition) is 3. The molecule has 1 heterocycles. The zero-order valence-corrected chi connectivity index (χ0v) is 19.7. The average Bonchev–Trinajstić information content (AvgIpc) is 2.65. The van der Waals surface area contributed by atoms with Crippen molar-refractivity contribution >= 4 is 5.97 Å². The predicted molar refractivity (Wildman–Crippen MR) is 106 cm³/mol. The Kier molecular flexibility index (Phi) is 9.83. The third-order valence-corrected chi connectivity index (χ3v) is 7.52. The number of likely N-dealkylation sites (N-methyl/N-ethyl adjacent to an activating group) is 1. The lowest BCUT2D eigenvalue weighted by molar-refractivity contribution is -0.917. The second-order valence-corrected chi connectivity index (χ2v) is 9.64. The van der Waals surface area contributed by atoms with E-state index in [0.717, 1.165) is 30.5 Å². The summed E-state index contributed by atoms with van der Waals surface area (Å²) in [4.78, 5) is 13.1. The standard InChI is InChI=1S/C22H41N2O2.HI/c1-24(2)15-14-23-17-20(24)13-16-26-22(25)21(18-9-5-3-6-10-18)19-11-7-4-8-12-19;/h18-21,23H,3-17H2,1-2H3;1H/q+1;/p-1. The number of nitrogens with one attached hydrogen (secondary N) is 1. The molecular weight excluding hydrogens is 451 g/mol. The Bertz CT molecular complexity index is 428. The maximum atomic E-state index is 13.1. The lowest BCUT2D eigenvalue weighted by Gasteiger charge is -2.42. The second kappa shape index (κ2) is 11.3. The van der Waals surface area contributed by atoms with Crippen LogP contribution in [0.3, 0.4) is 0 Å². The number of esters is 1. The van der Waals surface area contributed by atoms with Crippen LogP contribution in [0.25, 0.3) is 0 Å². The number of nitrogens with zero attached hydrogens (tertiary/aromatic N) is 1. The molecule has 1 aliphatic heterocycles. The van der Waals surface area contributed by atoms with Crippen molar-refractivity contribution in [2.45, 2.75) is 76.7 Å². The fourth-order valence-electron chi connectivity index (χ4n) is 5.67. The Morgan fingerprint density at radius 1 is 1.00 bits per heavy atom. The van der Waals surface area contributed by atoms with Crippen molar-refractivity contribution in [3.8, 4) is 0 Å². The Morgan fingerprint density at radius 2 is 1.56 bits per heavy atom. The molecule has 158 valence electrons. The number of hydrogen-bond donors (Lipinski definition) is 1. The van der Waals surface area contributed by atoms with Crippen LogP contribution in [0.5, 0.6) is 0 Å². The molecule has 4 nitrogen and oxygen atoms in total. The smallest absolute Gasteiger partial charge is 0.309 e. The summed E-state index contributed by atoms with van der Waals surface area (Å²) >= 11 is 0. The first-order valence-corrected chi connectivity index (χ1v) is 11.3. The molecule has 0 aromatic carbocycles. The molecule has 0 spiro atoms. The highest BCUT2D eigenvalue weighted by atomic mass is 127. The van der Waals surface area contributed by atoms with Crippen LogP contribution in [-0.2, 0) is 9.53 Å². The first-order valence-electron chi connectivity index (χ1n) is 11.3. The van der Waals surface area contributed by atoms with E-state index in [4.69, 9.17) is 4.74 Å². The third kappa shape index (κ3) is 6.56. The van der Waals surface area contributed by atoms with Gasteiger partial charge in [-0.05, 0) is 37.5 Å². The fourth-order valence-corrected chi connectivity index (χ4v) is 5.67. The maximum absolute atomic E-state index is 13.1. The van der Waals surface area contributed by atoms with Gasteiger partial charge >= 0.3 is 5.97 Å². The van der Waals surface area contributed by atoms with Crippen molar-refractivity contribution in [2.24, 2.45) is 17.8 Å². The molecular formula is C22H41IN2O2. The summed E-state index contributed by atoms with van der Waals surface area (Å²) in [7, 11) is 4.61. The van der Waals surface area contributed by atoms with E-state index >= 15 is 0 Å². The average molecular weight is 492 g/mol. The van der Waals surface area contributed by atoms with Crippen LogP contribution in [0, 0.1) is 17.8 Å². The second-order valence-electron chi connectivity index (χ2n) is 9.64. The van der Waals surface area contributed by atoms with Crippen LogP contribution in [-0.4, -0.2) is 56.8 Å². The first kappa shape index (κ1) is 23.4. The minimum atomic E-state index is 0. The SMILES string of the molecule is C[N+]1(C)CCNCC1CCOC(=O)C(C1CCCCC1)C1CCCCC1.[I-]. The zero-order chi connectivity index (χ0) is 18.4. The Morgan fingerprint density at radius 3 is 2.07 bits per heavy atom. The lowest BCUT2D eigenvalue weighted by Crippen LogP contribution is -3.00. The number of carbonyl (C=O) groups is 1. The van der Waals surface area contributed by atoms with Gasteiger partial charge in [-0.15, -0.1) is 0 Å². The quantitative estimate of drug-likeness (QED) is 0.338. The van der Waals surface area contributed by atoms with Crippen molar-refractivity contribution in [2.75, 3.05) is 40.3 Å². The Labute approximate surface area is 183 Å². The van der Waals surface area contributed by atoms with Crippen molar-refractivity contribution in [3.05, 3.63) is 0 Å². The Hall–Kier alpha value is 0.120. The van der Waals surface area contributed by atoms with E-state index in [1.165, 1.54) is 64.2 Å². The predicted octanol–water partition coefficient (Wildman–Crippen LogP) is 0.749. The lowest BCUT2D eigenvalue weighted by atomic mass is 9.69. The van der Waals surface area contributed by atoms with E-state index in [0.29, 0.717) is 24.5 Å². The molecule has 1 atom stereocenters. The molecule has 3 aliphatic rings. The van der Waals surface area contributed by atoms with Gasteiger partial charge in [-0.3, -0.25) is 4.79 Å². The molecule has 2 saturated carbocycles. The van der Waals surface area contributed by atoms with E-state index in [-0.39, 0.29) is 35.9 Å². The van der Waals surface area contributed by atoms with Crippen LogP contribution in [0.15, 0.2) is 0 Å². The van der Waals surface area contributed by atoms with E-state index in [2.05, 4.69) is 19.4 Å². The van der Waals surface area contributed by atoms with Crippen LogP contribution in [0.2, 0.25) is 0 Å². The van der Waals surface area contributed by atoms with Gasteiger partial charge in [0.2, 0.25) is 0 Å². The van der Waals surface area contributed by atoms with Gasteiger partial charge in [-0.25, -0.2) is 0 Å². The molecule has 0 bridgehead atoms. The molecule has 5 heteroatoms. The maximum Gasteiger partial charge on any atom is 0.309 e. The number of halogens is 1. The van der Waals surface area contributed by atoms with Crippen molar-refractivity contribution in [1.82, 2.24) is 5.32 Å². The summed E-state index contributed by atoms with van der Waals surface area (Å²) in [5.74, 6) is 1.49. The molecule has 1 saturated heterocycles. The summed E-state index contributed by atoms with van der Waals surface area (Å²) in [6.45, 7) is 3.89. The normalized spacial score (nSPS) is 27.1. The monoisotopic (exact) mass is 492 g/mol. The molecule has 3 rings (SSSR count). The number of carbonyl (C=O) groups excluding carboxylic acids is 1. The van der Waals surface area contributed by atoms with Gasteiger partial charge < -0.3 is 38.5 Å². The highest BCUT2D eigenvalue weighted by Crippen LogP contribution is 2.40. The van der Waals surface area contributed by atoms with Gasteiger partial charge in [0.15, 0.2) is 0 Å². The van der Waals surface area contributed by atoms with Gasteiger partial charge in [0.05, 0.1) is 33.2 Å². The highest BCUT2D eigenvalue weighted by Gasteiger charge is 2.38. The molecule has 0 aromatic heterocycles. The largest absolute Gasteiger partial charge is 1.00 e. The zero-order valence-electron chi connectivity index (χ0n) is 17.6. The molecule has 3 fully saturated rings. The molecule has 0 aromatic rings. The first-order chi connectivity index (χ1) is 12.6. The molecule has 1 unspecified atom stereocenters. The minimum Gasteiger partial charge on any atom is -1.00 e. The molecule has 0 radical (unpaired) electrons. The fraction of sp³-hybridized carbons (Fsp3) is 0.955. The molecule has 27 heavy (non-hydrogen) atoms. The summed E-state index contributed by atoms with van der Waals surface area (Å²) in [5.41, 5.74) is 0. The van der Waals surface area contributed by atoms with E-state index in [1.807, 2.05) is 0 Å². The summed E-state index contributed by atoms with van der Waals surface area (Å²) in [5, 5.41) is 3.50. The third-order valence-electron chi connectivity index (χ3n) is 7.52. The molecule has 1 N–H and O–H groups in total. The van der Waals surface area contributed by atoms with Crippen molar-refractivity contribution in [3.63, 3.8) is 0 Å². The van der Waals surface area contributed by atoms with E-state index in [1.54, 1.807) is 0 Å². The number of piperazine rings is 1. The summed E-state index contributed by atoms with van der Waals surface area (Å²) in [6, 6.07) is 0.555. The van der Waals surface area contributed by atoms with Crippen LogP contribution in [0.4, 0.5) is 0 Å². The van der Waals surface area contributed by atoms with Gasteiger partial charge in [0, 0.05) is 19.5 Å². The van der Waals surface area contributed by atoms with Crippen molar-refractivity contribution < 1.29 is 38.0 Å². The van der Waals surface area contributed by atoms with Gasteiger partial charge in [-0.2, -0.15) is 0 Å².